The van der Waals surface area contributed by atoms with Gasteiger partial charge in [0.1, 0.15) is 0 Å². The zero-order chi connectivity index (χ0) is 9.80. The predicted octanol–water partition coefficient (Wildman–Crippen LogP) is 1.72. The molecule has 1 aromatic heterocycles. The number of amides is 1. The Balaban J connectivity index is 1.90. The van der Waals surface area contributed by atoms with E-state index in [4.69, 9.17) is 0 Å². The lowest BCUT2D eigenvalue weighted by molar-refractivity contribution is -0.127. The number of nitrogens with zero attached hydrogens (tertiary/aromatic N) is 1. The topological polar surface area (TPSA) is 20.3 Å². The van der Waals surface area contributed by atoms with Gasteiger partial charge in [-0.1, -0.05) is 17.9 Å². The maximum atomic E-state index is 11.2. The minimum absolute atomic E-state index is 0.241. The molecule has 3 heteroatoms. The third-order valence-electron chi connectivity index (χ3n) is 2.17. The van der Waals surface area contributed by atoms with Gasteiger partial charge in [0, 0.05) is 13.0 Å². The zero-order valence-electron chi connectivity index (χ0n) is 7.82. The molecule has 72 valence electrons. The Morgan fingerprint density at radius 3 is 3.14 bits per heavy atom. The molecule has 1 saturated heterocycles. The second kappa shape index (κ2) is 4.30. The van der Waals surface area contributed by atoms with Crippen molar-refractivity contribution in [1.82, 2.24) is 4.90 Å². The minimum Gasteiger partial charge on any atom is -0.332 e. The van der Waals surface area contributed by atoms with E-state index in [0.717, 1.165) is 17.8 Å². The Bertz CT molecular complexity index is 372. The van der Waals surface area contributed by atoms with Gasteiger partial charge in [0.25, 0.3) is 0 Å². The fraction of sp³-hybridized carbons (Fsp3) is 0.364. The third kappa shape index (κ3) is 2.15. The van der Waals surface area contributed by atoms with Crippen molar-refractivity contribution >= 4 is 17.2 Å². The molecule has 0 saturated carbocycles. The van der Waals surface area contributed by atoms with E-state index in [1.54, 1.807) is 11.3 Å². The highest BCUT2D eigenvalue weighted by molar-refractivity contribution is 7.10. The molecule has 0 unspecified atom stereocenters. The Morgan fingerprint density at radius 1 is 1.57 bits per heavy atom. The third-order valence-corrected chi connectivity index (χ3v) is 2.96. The van der Waals surface area contributed by atoms with Gasteiger partial charge in [-0.15, -0.1) is 11.3 Å². The molecule has 14 heavy (non-hydrogen) atoms. The van der Waals surface area contributed by atoms with E-state index in [1.807, 2.05) is 22.4 Å². The number of carbonyl (C=O) groups is 1. The molecule has 0 atom stereocenters. The number of likely N-dealkylation sites (tertiary alicyclic amines) is 1. The van der Waals surface area contributed by atoms with E-state index in [-0.39, 0.29) is 5.91 Å². The van der Waals surface area contributed by atoms with Crippen LogP contribution in [0.15, 0.2) is 17.5 Å². The summed E-state index contributed by atoms with van der Waals surface area (Å²) in [7, 11) is 0. The summed E-state index contributed by atoms with van der Waals surface area (Å²) in [6.45, 7) is 1.45. The quantitative estimate of drug-likeness (QED) is 0.639. The Labute approximate surface area is 87.5 Å². The van der Waals surface area contributed by atoms with Gasteiger partial charge in [-0.25, -0.2) is 0 Å². The van der Waals surface area contributed by atoms with Crippen molar-refractivity contribution in [1.29, 1.82) is 0 Å². The Hall–Kier alpha value is -1.27. The predicted molar refractivity (Wildman–Crippen MR) is 57.0 cm³/mol. The lowest BCUT2D eigenvalue weighted by Crippen LogP contribution is -2.24. The molecule has 2 rings (SSSR count). The van der Waals surface area contributed by atoms with Crippen LogP contribution in [0.1, 0.15) is 17.7 Å². The molecular formula is C11H11NOS. The first-order chi connectivity index (χ1) is 6.86. The van der Waals surface area contributed by atoms with E-state index >= 15 is 0 Å². The van der Waals surface area contributed by atoms with Crippen molar-refractivity contribution in [3.8, 4) is 11.8 Å². The summed E-state index contributed by atoms with van der Waals surface area (Å²) in [5.74, 6) is 6.31. The van der Waals surface area contributed by atoms with Crippen molar-refractivity contribution in [2.24, 2.45) is 0 Å². The normalized spacial score (nSPS) is 15.4. The van der Waals surface area contributed by atoms with E-state index in [9.17, 15) is 4.79 Å². The highest BCUT2D eigenvalue weighted by Gasteiger charge is 2.18. The first kappa shape index (κ1) is 9.29. The smallest absolute Gasteiger partial charge is 0.223 e. The number of thiophene rings is 1. The second-order valence-electron chi connectivity index (χ2n) is 3.20. The van der Waals surface area contributed by atoms with Crippen LogP contribution >= 0.6 is 11.3 Å². The lowest BCUT2D eigenvalue weighted by atomic mass is 10.4. The van der Waals surface area contributed by atoms with Crippen molar-refractivity contribution in [3.05, 3.63) is 22.4 Å². The number of hydrogen-bond acceptors (Lipinski definition) is 2. The lowest BCUT2D eigenvalue weighted by Gasteiger charge is -2.09. The largest absolute Gasteiger partial charge is 0.332 e. The molecule has 2 heterocycles. The van der Waals surface area contributed by atoms with E-state index in [2.05, 4.69) is 11.8 Å². The monoisotopic (exact) mass is 205 g/mol. The van der Waals surface area contributed by atoms with Crippen molar-refractivity contribution in [3.63, 3.8) is 0 Å². The van der Waals surface area contributed by atoms with Crippen LogP contribution in [-0.4, -0.2) is 23.9 Å². The van der Waals surface area contributed by atoms with Gasteiger partial charge in [0.15, 0.2) is 0 Å². The summed E-state index contributed by atoms with van der Waals surface area (Å²) >= 11 is 1.63. The molecule has 0 bridgehead atoms. The first-order valence-electron chi connectivity index (χ1n) is 4.66. The van der Waals surface area contributed by atoms with Gasteiger partial charge in [-0.05, 0) is 17.9 Å². The summed E-state index contributed by atoms with van der Waals surface area (Å²) in [4.78, 5) is 14.1. The van der Waals surface area contributed by atoms with E-state index < -0.39 is 0 Å². The fourth-order valence-corrected chi connectivity index (χ4v) is 2.03. The van der Waals surface area contributed by atoms with Crippen molar-refractivity contribution in [2.75, 3.05) is 13.1 Å². The average Bonchev–Trinajstić information content (AvgIpc) is 2.78. The molecule has 1 fully saturated rings. The summed E-state index contributed by atoms with van der Waals surface area (Å²) in [6, 6.07) is 3.97. The van der Waals surface area contributed by atoms with E-state index in [0.29, 0.717) is 13.0 Å². The second-order valence-corrected chi connectivity index (χ2v) is 4.15. The van der Waals surface area contributed by atoms with Crippen LogP contribution in [-0.2, 0) is 4.79 Å². The molecular weight excluding hydrogens is 194 g/mol. The molecule has 0 radical (unpaired) electrons. The van der Waals surface area contributed by atoms with Gasteiger partial charge in [-0.3, -0.25) is 4.79 Å². The van der Waals surface area contributed by atoms with Crippen LogP contribution in [0.2, 0.25) is 0 Å². The highest BCUT2D eigenvalue weighted by atomic mass is 32.1. The van der Waals surface area contributed by atoms with Crippen LogP contribution < -0.4 is 0 Å². The van der Waals surface area contributed by atoms with Gasteiger partial charge < -0.3 is 4.90 Å². The Morgan fingerprint density at radius 2 is 2.50 bits per heavy atom. The minimum atomic E-state index is 0.241. The van der Waals surface area contributed by atoms with Gasteiger partial charge in [0.2, 0.25) is 5.91 Å². The SMILES string of the molecule is O=C1CCCN1CC#Cc1cccs1. The van der Waals surface area contributed by atoms with Crippen LogP contribution in [0.5, 0.6) is 0 Å². The Kier molecular flexibility index (Phi) is 2.85. The van der Waals surface area contributed by atoms with Gasteiger partial charge in [0.05, 0.1) is 11.4 Å². The average molecular weight is 205 g/mol. The zero-order valence-corrected chi connectivity index (χ0v) is 8.64. The van der Waals surface area contributed by atoms with Crippen LogP contribution in [0.3, 0.4) is 0 Å². The van der Waals surface area contributed by atoms with Crippen LogP contribution in [0, 0.1) is 11.8 Å². The standard InChI is InChI=1S/C11H11NOS/c13-11-6-2-8-12(11)7-1-4-10-5-3-9-14-10/h3,5,9H,2,6-8H2. The van der Waals surface area contributed by atoms with Crippen LogP contribution in [0.4, 0.5) is 0 Å². The molecule has 0 spiro atoms. The first-order valence-corrected chi connectivity index (χ1v) is 5.54. The maximum absolute atomic E-state index is 11.2. The van der Waals surface area contributed by atoms with Crippen molar-refractivity contribution in [2.45, 2.75) is 12.8 Å². The van der Waals surface area contributed by atoms with Gasteiger partial charge >= 0.3 is 0 Å². The molecule has 1 amide bonds. The number of hydrogen-bond donors (Lipinski definition) is 0. The molecule has 1 aliphatic rings. The van der Waals surface area contributed by atoms with Crippen LogP contribution in [0.25, 0.3) is 0 Å². The molecule has 0 N–H and O–H groups in total. The van der Waals surface area contributed by atoms with Gasteiger partial charge in [-0.2, -0.15) is 0 Å². The fourth-order valence-electron chi connectivity index (χ4n) is 1.44. The summed E-state index contributed by atoms with van der Waals surface area (Å²) < 4.78 is 0. The molecule has 2 nitrogen and oxygen atoms in total. The van der Waals surface area contributed by atoms with E-state index in [1.165, 1.54) is 0 Å². The number of rotatable bonds is 1. The highest BCUT2D eigenvalue weighted by Crippen LogP contribution is 2.09. The maximum Gasteiger partial charge on any atom is 0.223 e. The number of carbonyl (C=O) groups excluding carboxylic acids is 1. The molecule has 1 aliphatic heterocycles. The summed E-state index contributed by atoms with van der Waals surface area (Å²) in [5, 5.41) is 2.00. The summed E-state index contributed by atoms with van der Waals surface area (Å²) in [5.41, 5.74) is 0. The van der Waals surface area contributed by atoms with Crippen molar-refractivity contribution < 1.29 is 4.79 Å². The molecule has 0 aromatic carbocycles. The molecule has 1 aromatic rings. The summed E-state index contributed by atoms with van der Waals surface area (Å²) in [6.07, 6.45) is 1.68. The molecule has 0 aliphatic carbocycles.